The zero-order valence-electron chi connectivity index (χ0n) is 16.8. The van der Waals surface area contributed by atoms with E-state index in [9.17, 15) is 18.8 Å². The fourth-order valence-corrected chi connectivity index (χ4v) is 3.22. The summed E-state index contributed by atoms with van der Waals surface area (Å²) in [5, 5.41) is 5.19. The Morgan fingerprint density at radius 3 is 2.14 bits per heavy atom. The van der Waals surface area contributed by atoms with E-state index in [4.69, 9.17) is 5.73 Å². The lowest BCUT2D eigenvalue weighted by molar-refractivity contribution is -0.130. The number of carbonyl (C=O) groups is 3. The van der Waals surface area contributed by atoms with Crippen molar-refractivity contribution < 1.29 is 18.8 Å². The minimum absolute atomic E-state index is 0.0814. The zero-order chi connectivity index (χ0) is 21.6. The van der Waals surface area contributed by atoms with Crippen molar-refractivity contribution >= 4 is 17.7 Å². The van der Waals surface area contributed by atoms with E-state index in [1.807, 2.05) is 32.0 Å². The van der Waals surface area contributed by atoms with Crippen molar-refractivity contribution in [3.05, 3.63) is 70.5 Å². The third-order valence-corrected chi connectivity index (χ3v) is 4.74. The third kappa shape index (κ3) is 6.41. The molecule has 0 radical (unpaired) electrons. The summed E-state index contributed by atoms with van der Waals surface area (Å²) in [7, 11) is 0. The van der Waals surface area contributed by atoms with Crippen molar-refractivity contribution in [3.63, 3.8) is 0 Å². The summed E-state index contributed by atoms with van der Waals surface area (Å²) in [6.07, 6.45) is 0.324. The molecule has 0 aliphatic carbocycles. The van der Waals surface area contributed by atoms with Crippen molar-refractivity contribution in [2.24, 2.45) is 5.73 Å². The van der Waals surface area contributed by atoms with Crippen LogP contribution in [-0.4, -0.2) is 29.8 Å². The molecule has 0 saturated heterocycles. The largest absolute Gasteiger partial charge is 0.368 e. The Hall–Kier alpha value is -3.22. The van der Waals surface area contributed by atoms with Gasteiger partial charge in [0.25, 0.3) is 0 Å². The average Bonchev–Trinajstić information content (AvgIpc) is 2.62. The van der Waals surface area contributed by atoms with Gasteiger partial charge in [0.2, 0.25) is 17.7 Å². The highest BCUT2D eigenvalue weighted by atomic mass is 19.1. The second kappa shape index (κ2) is 9.82. The predicted octanol–water partition coefficient (Wildman–Crippen LogP) is 1.70. The van der Waals surface area contributed by atoms with Gasteiger partial charge in [0.1, 0.15) is 17.9 Å². The molecule has 0 aromatic heterocycles. The summed E-state index contributed by atoms with van der Waals surface area (Å²) in [6, 6.07) is 9.64. The summed E-state index contributed by atoms with van der Waals surface area (Å²) in [6.45, 7) is 5.13. The summed E-state index contributed by atoms with van der Waals surface area (Å²) >= 11 is 0. The molecule has 29 heavy (non-hydrogen) atoms. The van der Waals surface area contributed by atoms with Crippen LogP contribution in [0.5, 0.6) is 0 Å². The van der Waals surface area contributed by atoms with Crippen LogP contribution in [0.3, 0.4) is 0 Å². The quantitative estimate of drug-likeness (QED) is 0.630. The maximum absolute atomic E-state index is 13.5. The summed E-state index contributed by atoms with van der Waals surface area (Å²) in [4.78, 5) is 36.4. The minimum Gasteiger partial charge on any atom is -0.368 e. The van der Waals surface area contributed by atoms with Gasteiger partial charge in [0, 0.05) is 19.8 Å². The minimum atomic E-state index is -0.964. The lowest BCUT2D eigenvalue weighted by atomic mass is 9.95. The first-order valence-corrected chi connectivity index (χ1v) is 9.33. The van der Waals surface area contributed by atoms with Crippen LogP contribution in [0.2, 0.25) is 0 Å². The maximum Gasteiger partial charge on any atom is 0.243 e. The van der Waals surface area contributed by atoms with E-state index in [1.54, 1.807) is 6.07 Å². The molecule has 7 heteroatoms. The Kier molecular flexibility index (Phi) is 7.47. The molecule has 3 amide bonds. The van der Waals surface area contributed by atoms with Crippen LogP contribution in [0, 0.1) is 19.7 Å². The molecular formula is C22H26FN3O3. The van der Waals surface area contributed by atoms with Gasteiger partial charge in [-0.15, -0.1) is 0 Å². The Bertz CT molecular complexity index is 894. The second-order valence-electron chi connectivity index (χ2n) is 7.13. The van der Waals surface area contributed by atoms with Crippen molar-refractivity contribution in [1.82, 2.24) is 10.6 Å². The van der Waals surface area contributed by atoms with E-state index in [-0.39, 0.29) is 12.8 Å². The molecule has 0 aliphatic heterocycles. The number of benzene rings is 2. The predicted molar refractivity (Wildman–Crippen MR) is 108 cm³/mol. The number of carbonyl (C=O) groups excluding carboxylic acids is 3. The highest BCUT2D eigenvalue weighted by molar-refractivity contribution is 5.91. The molecule has 2 rings (SSSR count). The number of aryl methyl sites for hydroxylation is 2. The van der Waals surface area contributed by atoms with Crippen LogP contribution in [0.4, 0.5) is 4.39 Å². The zero-order valence-corrected chi connectivity index (χ0v) is 16.8. The Morgan fingerprint density at radius 2 is 1.59 bits per heavy atom. The van der Waals surface area contributed by atoms with Crippen LogP contribution < -0.4 is 16.4 Å². The number of amides is 3. The summed E-state index contributed by atoms with van der Waals surface area (Å²) in [5.41, 5.74) is 8.97. The standard InChI is InChI=1S/C22H26FN3O3/c1-13-6-4-7-14(2)18(13)12-19(21(24)28)26-22(29)20(25-15(3)27)11-16-8-5-9-17(23)10-16/h4-10,19-20H,11-12H2,1-3H3,(H2,24,28)(H,25,27)(H,26,29)/t19-,20+/m0/s1. The first-order chi connectivity index (χ1) is 13.7. The van der Waals surface area contributed by atoms with Crippen molar-refractivity contribution in [2.75, 3.05) is 0 Å². The van der Waals surface area contributed by atoms with Gasteiger partial charge in [0.05, 0.1) is 0 Å². The second-order valence-corrected chi connectivity index (χ2v) is 7.13. The fraction of sp³-hybridized carbons (Fsp3) is 0.318. The van der Waals surface area contributed by atoms with Gasteiger partial charge in [-0.2, -0.15) is 0 Å². The van der Waals surface area contributed by atoms with Crippen LogP contribution >= 0.6 is 0 Å². The third-order valence-electron chi connectivity index (χ3n) is 4.74. The van der Waals surface area contributed by atoms with E-state index < -0.39 is 35.6 Å². The Balaban J connectivity index is 2.19. The molecule has 0 unspecified atom stereocenters. The average molecular weight is 399 g/mol. The van der Waals surface area contributed by atoms with Gasteiger partial charge in [-0.1, -0.05) is 30.3 Å². The first kappa shape index (κ1) is 22.1. The van der Waals surface area contributed by atoms with E-state index >= 15 is 0 Å². The number of nitrogens with one attached hydrogen (secondary N) is 2. The normalized spacial score (nSPS) is 12.7. The molecule has 154 valence electrons. The first-order valence-electron chi connectivity index (χ1n) is 9.33. The monoisotopic (exact) mass is 399 g/mol. The number of halogens is 1. The molecule has 2 aromatic rings. The fourth-order valence-electron chi connectivity index (χ4n) is 3.22. The number of rotatable bonds is 8. The van der Waals surface area contributed by atoms with Gasteiger partial charge in [-0.3, -0.25) is 14.4 Å². The van der Waals surface area contributed by atoms with Crippen LogP contribution in [0.25, 0.3) is 0 Å². The number of nitrogens with two attached hydrogens (primary N) is 1. The molecule has 4 N–H and O–H groups in total. The van der Waals surface area contributed by atoms with E-state index in [0.29, 0.717) is 5.56 Å². The van der Waals surface area contributed by atoms with Crippen LogP contribution in [0.15, 0.2) is 42.5 Å². The Labute approximate surface area is 169 Å². The number of hydrogen-bond acceptors (Lipinski definition) is 3. The maximum atomic E-state index is 13.5. The lowest BCUT2D eigenvalue weighted by Gasteiger charge is -2.23. The topological polar surface area (TPSA) is 101 Å². The van der Waals surface area contributed by atoms with Gasteiger partial charge in [0.15, 0.2) is 0 Å². The number of primary amides is 1. The molecule has 0 spiro atoms. The van der Waals surface area contributed by atoms with Crippen molar-refractivity contribution in [1.29, 1.82) is 0 Å². The Morgan fingerprint density at radius 1 is 0.966 bits per heavy atom. The summed E-state index contributed by atoms with van der Waals surface area (Å²) in [5.74, 6) is -2.07. The molecule has 0 fully saturated rings. The molecule has 0 saturated carbocycles. The molecular weight excluding hydrogens is 373 g/mol. The smallest absolute Gasteiger partial charge is 0.243 e. The lowest BCUT2D eigenvalue weighted by Crippen LogP contribution is -2.54. The highest BCUT2D eigenvalue weighted by Crippen LogP contribution is 2.16. The van der Waals surface area contributed by atoms with E-state index in [1.165, 1.54) is 25.1 Å². The molecule has 0 aliphatic rings. The highest BCUT2D eigenvalue weighted by Gasteiger charge is 2.26. The van der Waals surface area contributed by atoms with Gasteiger partial charge < -0.3 is 16.4 Å². The number of hydrogen-bond donors (Lipinski definition) is 3. The molecule has 6 nitrogen and oxygen atoms in total. The van der Waals surface area contributed by atoms with E-state index in [2.05, 4.69) is 10.6 Å². The van der Waals surface area contributed by atoms with Crippen LogP contribution in [-0.2, 0) is 27.2 Å². The molecule has 0 bridgehead atoms. The molecule has 2 atom stereocenters. The molecule has 2 aromatic carbocycles. The SMILES string of the molecule is CC(=O)N[C@H](Cc1cccc(F)c1)C(=O)N[C@@H](Cc1c(C)cccc1C)C(N)=O. The van der Waals surface area contributed by atoms with Crippen molar-refractivity contribution in [3.8, 4) is 0 Å². The molecule has 0 heterocycles. The van der Waals surface area contributed by atoms with Gasteiger partial charge in [-0.05, 0) is 48.2 Å². The van der Waals surface area contributed by atoms with Crippen molar-refractivity contribution in [2.45, 2.75) is 45.7 Å². The van der Waals surface area contributed by atoms with Gasteiger partial charge in [-0.25, -0.2) is 4.39 Å². The summed E-state index contributed by atoms with van der Waals surface area (Å²) < 4.78 is 13.5. The van der Waals surface area contributed by atoms with E-state index in [0.717, 1.165) is 16.7 Å². The van der Waals surface area contributed by atoms with Gasteiger partial charge >= 0.3 is 0 Å². The van der Waals surface area contributed by atoms with Crippen LogP contribution in [0.1, 0.15) is 29.2 Å².